The Hall–Kier alpha value is -3.38. The van der Waals surface area contributed by atoms with Crippen LogP contribution >= 0.6 is 11.6 Å². The number of aromatic nitrogens is 2. The Kier molecular flexibility index (Phi) is 4.78. The Morgan fingerprint density at radius 3 is 2.23 bits per heavy atom. The highest BCUT2D eigenvalue weighted by Gasteiger charge is 2.41. The van der Waals surface area contributed by atoms with Crippen LogP contribution in [0.2, 0.25) is 5.02 Å². The van der Waals surface area contributed by atoms with Crippen molar-refractivity contribution in [3.05, 3.63) is 70.5 Å². The van der Waals surface area contributed by atoms with Crippen molar-refractivity contribution in [1.29, 1.82) is 0 Å². The maximum absolute atomic E-state index is 12.9. The molecule has 1 aliphatic rings. The van der Waals surface area contributed by atoms with Gasteiger partial charge in [0.25, 0.3) is 21.8 Å². The third-order valence-corrected chi connectivity index (χ3v) is 6.16. The topological polar surface area (TPSA) is 112 Å². The molecule has 0 bridgehead atoms. The molecule has 8 nitrogen and oxygen atoms in total. The molecule has 1 aliphatic heterocycles. The Labute approximate surface area is 177 Å². The van der Waals surface area contributed by atoms with Crippen LogP contribution in [0.5, 0.6) is 0 Å². The molecule has 0 radical (unpaired) electrons. The molecule has 0 atom stereocenters. The predicted molar refractivity (Wildman–Crippen MR) is 103 cm³/mol. The minimum atomic E-state index is -4.63. The number of sulfonamides is 1. The minimum absolute atomic E-state index is 0.0724. The second-order valence-corrected chi connectivity index (χ2v) is 8.46. The highest BCUT2D eigenvalue weighted by Crippen LogP contribution is 2.37. The molecule has 3 aromatic rings. The van der Waals surface area contributed by atoms with E-state index in [2.05, 4.69) is 14.9 Å². The van der Waals surface area contributed by atoms with Crippen LogP contribution in [0, 0.1) is 0 Å². The first kappa shape index (κ1) is 20.9. The van der Waals surface area contributed by atoms with E-state index in [1.54, 1.807) is 0 Å². The zero-order valence-corrected chi connectivity index (χ0v) is 16.6. The molecule has 0 aliphatic carbocycles. The highest BCUT2D eigenvalue weighted by atomic mass is 35.5. The van der Waals surface area contributed by atoms with Crippen molar-refractivity contribution in [3.8, 4) is 0 Å². The van der Waals surface area contributed by atoms with Gasteiger partial charge in [-0.3, -0.25) is 19.4 Å². The lowest BCUT2D eigenvalue weighted by molar-refractivity contribution is -0.137. The number of benzene rings is 2. The summed E-state index contributed by atoms with van der Waals surface area (Å²) in [4.78, 5) is 26.0. The first-order chi connectivity index (χ1) is 14.5. The van der Waals surface area contributed by atoms with E-state index in [4.69, 9.17) is 11.6 Å². The van der Waals surface area contributed by atoms with Gasteiger partial charge >= 0.3 is 6.18 Å². The van der Waals surface area contributed by atoms with Crippen molar-refractivity contribution in [3.63, 3.8) is 0 Å². The molecule has 0 fully saturated rings. The van der Waals surface area contributed by atoms with Crippen LogP contribution < -0.4 is 9.62 Å². The number of hydrogen-bond acceptors (Lipinski definition) is 5. The van der Waals surface area contributed by atoms with Crippen molar-refractivity contribution in [2.24, 2.45) is 0 Å². The molecule has 2 amide bonds. The van der Waals surface area contributed by atoms with Gasteiger partial charge in [0.15, 0.2) is 0 Å². The number of nitrogens with one attached hydrogen (secondary N) is 2. The average Bonchev–Trinajstić information content (AvgIpc) is 3.30. The van der Waals surface area contributed by atoms with E-state index in [1.807, 2.05) is 0 Å². The molecule has 0 saturated carbocycles. The molecule has 4 rings (SSSR count). The van der Waals surface area contributed by atoms with E-state index in [0.29, 0.717) is 12.1 Å². The smallest absolute Gasteiger partial charge is 0.284 e. The fourth-order valence-corrected chi connectivity index (χ4v) is 4.35. The number of aromatic amines is 1. The van der Waals surface area contributed by atoms with Gasteiger partial charge in [-0.1, -0.05) is 11.6 Å². The number of imide groups is 1. The molecule has 2 aromatic carbocycles. The van der Waals surface area contributed by atoms with Crippen molar-refractivity contribution in [2.75, 3.05) is 9.62 Å². The summed E-state index contributed by atoms with van der Waals surface area (Å²) in [6, 6.07) is 5.23. The molecule has 1 aromatic heterocycles. The van der Waals surface area contributed by atoms with Crippen molar-refractivity contribution in [2.45, 2.75) is 11.1 Å². The largest absolute Gasteiger partial charge is 0.416 e. The number of H-pyrrole nitrogens is 1. The van der Waals surface area contributed by atoms with Gasteiger partial charge in [0, 0.05) is 6.20 Å². The third-order valence-electron chi connectivity index (χ3n) is 4.47. The molecule has 31 heavy (non-hydrogen) atoms. The van der Waals surface area contributed by atoms with E-state index in [1.165, 1.54) is 24.5 Å². The van der Waals surface area contributed by atoms with Gasteiger partial charge in [0.1, 0.15) is 0 Å². The maximum atomic E-state index is 12.9. The summed E-state index contributed by atoms with van der Waals surface area (Å²) >= 11 is 6.07. The number of carbonyl (C=O) groups excluding carboxylic acids is 2. The quantitative estimate of drug-likeness (QED) is 0.565. The minimum Gasteiger partial charge on any atom is -0.284 e. The summed E-state index contributed by atoms with van der Waals surface area (Å²) in [5, 5.41) is 6.06. The standard InChI is InChI=1S/C18H10ClF3N4O4S/c19-12-5-6-13(15-14(12)16(27)26(17(15)28)10-7-23-24-8-10)25-31(29,30)11-3-1-9(2-4-11)18(20,21)22/h1-8,25H,(H,23,24). The first-order valence-electron chi connectivity index (χ1n) is 8.41. The zero-order chi connectivity index (χ0) is 22.6. The van der Waals surface area contributed by atoms with Gasteiger partial charge in [0.2, 0.25) is 0 Å². The Balaban J connectivity index is 1.73. The average molecular weight is 471 g/mol. The lowest BCUT2D eigenvalue weighted by atomic mass is 10.1. The number of anilines is 2. The summed E-state index contributed by atoms with van der Waals surface area (Å²) < 4.78 is 65.7. The summed E-state index contributed by atoms with van der Waals surface area (Å²) in [7, 11) is -4.38. The molecule has 160 valence electrons. The Morgan fingerprint density at radius 1 is 1.00 bits per heavy atom. The first-order valence-corrected chi connectivity index (χ1v) is 10.3. The third kappa shape index (κ3) is 3.53. The lowest BCUT2D eigenvalue weighted by Crippen LogP contribution is -2.29. The lowest BCUT2D eigenvalue weighted by Gasteiger charge is -2.13. The van der Waals surface area contributed by atoms with Gasteiger partial charge in [-0.05, 0) is 36.4 Å². The molecular weight excluding hydrogens is 461 g/mol. The number of hydrogen-bond donors (Lipinski definition) is 2. The molecule has 0 unspecified atom stereocenters. The van der Waals surface area contributed by atoms with Gasteiger partial charge < -0.3 is 0 Å². The van der Waals surface area contributed by atoms with Gasteiger partial charge in [-0.25, -0.2) is 13.3 Å². The van der Waals surface area contributed by atoms with Crippen LogP contribution in [0.25, 0.3) is 0 Å². The second kappa shape index (κ2) is 7.10. The number of halogens is 4. The highest BCUT2D eigenvalue weighted by molar-refractivity contribution is 7.92. The number of alkyl halides is 3. The number of amides is 2. The summed E-state index contributed by atoms with van der Waals surface area (Å²) in [5.74, 6) is -1.61. The number of rotatable bonds is 4. The monoisotopic (exact) mass is 470 g/mol. The maximum Gasteiger partial charge on any atom is 0.416 e. The van der Waals surface area contributed by atoms with E-state index < -0.39 is 38.5 Å². The summed E-state index contributed by atoms with van der Waals surface area (Å²) in [6.45, 7) is 0. The van der Waals surface area contributed by atoms with Crippen LogP contribution in [0.3, 0.4) is 0 Å². The van der Waals surface area contributed by atoms with Crippen LogP contribution in [0.15, 0.2) is 53.7 Å². The van der Waals surface area contributed by atoms with Crippen molar-refractivity contribution < 1.29 is 31.2 Å². The fourth-order valence-electron chi connectivity index (χ4n) is 3.04. The van der Waals surface area contributed by atoms with Crippen LogP contribution in [0.4, 0.5) is 24.5 Å². The van der Waals surface area contributed by atoms with Crippen LogP contribution in [-0.4, -0.2) is 30.4 Å². The predicted octanol–water partition coefficient (Wildman–Crippen LogP) is 3.68. The molecule has 13 heteroatoms. The van der Waals surface area contributed by atoms with Crippen LogP contribution in [-0.2, 0) is 16.2 Å². The molecule has 0 saturated heterocycles. The second-order valence-electron chi connectivity index (χ2n) is 6.37. The van der Waals surface area contributed by atoms with Gasteiger partial charge in [-0.2, -0.15) is 18.3 Å². The Morgan fingerprint density at radius 2 is 1.65 bits per heavy atom. The van der Waals surface area contributed by atoms with E-state index in [0.717, 1.165) is 17.0 Å². The Bertz CT molecular complexity index is 1310. The van der Waals surface area contributed by atoms with Crippen LogP contribution in [0.1, 0.15) is 26.3 Å². The molecule has 2 N–H and O–H groups in total. The normalized spacial score (nSPS) is 14.1. The van der Waals surface area contributed by atoms with Gasteiger partial charge in [-0.15, -0.1) is 0 Å². The van der Waals surface area contributed by atoms with E-state index in [9.17, 15) is 31.2 Å². The number of fused-ring (bicyclic) bond motifs is 1. The molecule has 0 spiro atoms. The van der Waals surface area contributed by atoms with E-state index >= 15 is 0 Å². The molecular formula is C18H10ClF3N4O4S. The fraction of sp³-hybridized carbons (Fsp3) is 0.0556. The van der Waals surface area contributed by atoms with E-state index in [-0.39, 0.29) is 27.5 Å². The van der Waals surface area contributed by atoms with Gasteiger partial charge in [0.05, 0.1) is 44.2 Å². The number of carbonyl (C=O) groups is 2. The zero-order valence-electron chi connectivity index (χ0n) is 15.1. The summed E-state index contributed by atoms with van der Waals surface area (Å²) in [6.07, 6.45) is -2.11. The summed E-state index contributed by atoms with van der Waals surface area (Å²) in [5.41, 5.74) is -1.63. The van der Waals surface area contributed by atoms with Crippen molar-refractivity contribution >= 4 is 44.8 Å². The number of nitrogens with zero attached hydrogens (tertiary/aromatic N) is 2. The van der Waals surface area contributed by atoms with Crippen molar-refractivity contribution in [1.82, 2.24) is 10.2 Å². The SMILES string of the molecule is O=C1c2c(Cl)ccc(NS(=O)(=O)c3ccc(C(F)(F)F)cc3)c2C(=O)N1c1cn[nH]c1. The molecule has 2 heterocycles.